The zero-order valence-electron chi connectivity index (χ0n) is 11.2. The van der Waals surface area contributed by atoms with Gasteiger partial charge in [0, 0.05) is 12.7 Å². The molecule has 6 nitrogen and oxygen atoms in total. The van der Waals surface area contributed by atoms with Crippen molar-refractivity contribution in [2.24, 2.45) is 7.05 Å². The highest BCUT2D eigenvalue weighted by Crippen LogP contribution is 2.19. The fourth-order valence-electron chi connectivity index (χ4n) is 1.75. The molecule has 0 aliphatic carbocycles. The highest BCUT2D eigenvalue weighted by molar-refractivity contribution is 5.95. The molecule has 0 atom stereocenters. The predicted octanol–water partition coefficient (Wildman–Crippen LogP) is 1.52. The van der Waals surface area contributed by atoms with Crippen LogP contribution in [0, 0.1) is 6.92 Å². The van der Waals surface area contributed by atoms with Crippen molar-refractivity contribution in [3.63, 3.8) is 0 Å². The number of ether oxygens (including phenoxy) is 1. The van der Waals surface area contributed by atoms with Crippen molar-refractivity contribution in [2.45, 2.75) is 13.5 Å². The van der Waals surface area contributed by atoms with Gasteiger partial charge < -0.3 is 10.1 Å². The minimum absolute atomic E-state index is 0.352. The fourth-order valence-corrected chi connectivity index (χ4v) is 1.75. The molecule has 1 aromatic heterocycles. The molecule has 100 valence electrons. The van der Waals surface area contributed by atoms with Crippen molar-refractivity contribution in [3.05, 3.63) is 41.2 Å². The van der Waals surface area contributed by atoms with E-state index in [9.17, 15) is 4.79 Å². The molecule has 2 rings (SSSR count). The maximum atomic E-state index is 11.7. The summed E-state index contributed by atoms with van der Waals surface area (Å²) in [7, 11) is 3.19. The number of aryl methyl sites for hydroxylation is 2. The van der Waals surface area contributed by atoms with E-state index in [0.29, 0.717) is 12.1 Å². The fraction of sp³-hybridized carbons (Fsp3) is 0.308. The Morgan fingerprint density at radius 1 is 1.47 bits per heavy atom. The third kappa shape index (κ3) is 2.90. The van der Waals surface area contributed by atoms with Crippen LogP contribution in [0.4, 0.5) is 5.69 Å². The molecule has 0 saturated carbocycles. The first-order valence-electron chi connectivity index (χ1n) is 5.88. The summed E-state index contributed by atoms with van der Waals surface area (Å²) in [5.74, 6) is -0.352. The van der Waals surface area contributed by atoms with Gasteiger partial charge in [-0.3, -0.25) is 4.68 Å². The van der Waals surface area contributed by atoms with Crippen LogP contribution in [0.5, 0.6) is 0 Å². The van der Waals surface area contributed by atoms with E-state index in [-0.39, 0.29) is 5.97 Å². The first-order chi connectivity index (χ1) is 9.11. The van der Waals surface area contributed by atoms with Gasteiger partial charge in [0.1, 0.15) is 0 Å². The molecule has 0 radical (unpaired) electrons. The van der Waals surface area contributed by atoms with Crippen LogP contribution >= 0.6 is 0 Å². The van der Waals surface area contributed by atoms with Crippen LogP contribution < -0.4 is 5.32 Å². The number of hydrogen-bond acceptors (Lipinski definition) is 5. The zero-order valence-corrected chi connectivity index (χ0v) is 11.2. The van der Waals surface area contributed by atoms with Crippen LogP contribution in [0.3, 0.4) is 0 Å². The Morgan fingerprint density at radius 2 is 2.26 bits per heavy atom. The molecule has 0 saturated heterocycles. The number of methoxy groups -OCH3 is 1. The highest BCUT2D eigenvalue weighted by Gasteiger charge is 2.12. The molecule has 0 amide bonds. The van der Waals surface area contributed by atoms with Crippen LogP contribution in [0.15, 0.2) is 24.4 Å². The van der Waals surface area contributed by atoms with E-state index in [1.165, 1.54) is 7.11 Å². The number of nitrogens with one attached hydrogen (secondary N) is 1. The van der Waals surface area contributed by atoms with E-state index in [4.69, 9.17) is 4.74 Å². The molecule has 0 fully saturated rings. The summed E-state index contributed by atoms with van der Waals surface area (Å²) in [4.78, 5) is 11.7. The Hall–Kier alpha value is -2.37. The van der Waals surface area contributed by atoms with Crippen molar-refractivity contribution in [1.82, 2.24) is 15.0 Å². The van der Waals surface area contributed by atoms with Gasteiger partial charge in [-0.1, -0.05) is 16.8 Å². The van der Waals surface area contributed by atoms with Crippen LogP contribution in [0.1, 0.15) is 21.6 Å². The Kier molecular flexibility index (Phi) is 3.79. The molecule has 19 heavy (non-hydrogen) atoms. The van der Waals surface area contributed by atoms with Gasteiger partial charge in [-0.15, -0.1) is 5.10 Å². The number of carbonyl (C=O) groups excluding carboxylic acids is 1. The maximum absolute atomic E-state index is 11.7. The minimum atomic E-state index is -0.352. The monoisotopic (exact) mass is 260 g/mol. The lowest BCUT2D eigenvalue weighted by atomic mass is 10.1. The van der Waals surface area contributed by atoms with Crippen molar-refractivity contribution < 1.29 is 9.53 Å². The number of aromatic nitrogens is 3. The second-order valence-corrected chi connectivity index (χ2v) is 4.24. The first kappa shape index (κ1) is 13.1. The van der Waals surface area contributed by atoms with Crippen LogP contribution in [-0.4, -0.2) is 28.1 Å². The predicted molar refractivity (Wildman–Crippen MR) is 70.8 cm³/mol. The average Bonchev–Trinajstić information content (AvgIpc) is 2.82. The van der Waals surface area contributed by atoms with Crippen LogP contribution in [-0.2, 0) is 18.3 Å². The van der Waals surface area contributed by atoms with Gasteiger partial charge in [-0.25, -0.2) is 4.79 Å². The smallest absolute Gasteiger partial charge is 0.339 e. The third-order valence-electron chi connectivity index (χ3n) is 2.85. The first-order valence-corrected chi connectivity index (χ1v) is 5.88. The number of benzene rings is 1. The van der Waals surface area contributed by atoms with Crippen molar-refractivity contribution in [1.29, 1.82) is 0 Å². The second kappa shape index (κ2) is 5.51. The SMILES string of the molecule is COC(=O)c1cc(C)ccc1NCc1cnnn1C. The molecule has 0 aliphatic heterocycles. The molecular formula is C13H16N4O2. The summed E-state index contributed by atoms with van der Waals surface area (Å²) in [5.41, 5.74) is 3.20. The van der Waals surface area contributed by atoms with Gasteiger partial charge >= 0.3 is 5.97 Å². The molecule has 0 bridgehead atoms. The lowest BCUT2D eigenvalue weighted by Gasteiger charge is -2.11. The van der Waals surface area contributed by atoms with Crippen LogP contribution in [0.25, 0.3) is 0 Å². The minimum Gasteiger partial charge on any atom is -0.465 e. The van der Waals surface area contributed by atoms with Crippen molar-refractivity contribution >= 4 is 11.7 Å². The number of esters is 1. The van der Waals surface area contributed by atoms with Gasteiger partial charge in [-0.05, 0) is 19.1 Å². The molecule has 1 N–H and O–H groups in total. The quantitative estimate of drug-likeness (QED) is 0.844. The summed E-state index contributed by atoms with van der Waals surface area (Å²) in [6.45, 7) is 2.47. The Morgan fingerprint density at radius 3 is 2.89 bits per heavy atom. The van der Waals surface area contributed by atoms with Gasteiger partial charge in [-0.2, -0.15) is 0 Å². The van der Waals surface area contributed by atoms with Gasteiger partial charge in [0.2, 0.25) is 0 Å². The lowest BCUT2D eigenvalue weighted by molar-refractivity contribution is 0.0601. The Bertz CT molecular complexity index is 592. The molecule has 0 unspecified atom stereocenters. The highest BCUT2D eigenvalue weighted by atomic mass is 16.5. The summed E-state index contributed by atoms with van der Waals surface area (Å²) in [6.07, 6.45) is 1.68. The Labute approximate surface area is 111 Å². The number of anilines is 1. The van der Waals surface area contributed by atoms with E-state index in [0.717, 1.165) is 16.9 Å². The van der Waals surface area contributed by atoms with E-state index in [2.05, 4.69) is 15.6 Å². The molecular weight excluding hydrogens is 244 g/mol. The van der Waals surface area contributed by atoms with E-state index >= 15 is 0 Å². The van der Waals surface area contributed by atoms with E-state index < -0.39 is 0 Å². The second-order valence-electron chi connectivity index (χ2n) is 4.24. The summed E-state index contributed by atoms with van der Waals surface area (Å²) in [6, 6.07) is 5.61. The Balaban J connectivity index is 2.20. The van der Waals surface area contributed by atoms with E-state index in [1.54, 1.807) is 16.9 Å². The summed E-state index contributed by atoms with van der Waals surface area (Å²) < 4.78 is 6.46. The number of nitrogens with zero attached hydrogens (tertiary/aromatic N) is 3. The molecule has 0 aliphatic rings. The van der Waals surface area contributed by atoms with Gasteiger partial charge in [0.25, 0.3) is 0 Å². The normalized spacial score (nSPS) is 10.3. The number of hydrogen-bond donors (Lipinski definition) is 1. The zero-order chi connectivity index (χ0) is 13.8. The molecule has 1 aromatic carbocycles. The molecule has 2 aromatic rings. The summed E-state index contributed by atoms with van der Waals surface area (Å²) >= 11 is 0. The number of rotatable bonds is 4. The standard InChI is InChI=1S/C13H16N4O2/c1-9-4-5-12(11(6-9)13(18)19-3)14-7-10-8-15-16-17(10)2/h4-6,8,14H,7H2,1-3H3. The largest absolute Gasteiger partial charge is 0.465 e. The van der Waals surface area contributed by atoms with Crippen molar-refractivity contribution in [2.75, 3.05) is 12.4 Å². The van der Waals surface area contributed by atoms with Gasteiger partial charge in [0.15, 0.2) is 0 Å². The van der Waals surface area contributed by atoms with Gasteiger partial charge in [0.05, 0.1) is 31.1 Å². The molecule has 1 heterocycles. The van der Waals surface area contributed by atoms with E-state index in [1.807, 2.05) is 26.1 Å². The van der Waals surface area contributed by atoms with Crippen molar-refractivity contribution in [3.8, 4) is 0 Å². The maximum Gasteiger partial charge on any atom is 0.339 e. The summed E-state index contributed by atoms with van der Waals surface area (Å²) in [5, 5.41) is 10.9. The lowest BCUT2D eigenvalue weighted by Crippen LogP contribution is -2.10. The molecule has 0 spiro atoms. The third-order valence-corrected chi connectivity index (χ3v) is 2.85. The molecule has 6 heteroatoms. The van der Waals surface area contributed by atoms with Crippen LogP contribution in [0.2, 0.25) is 0 Å². The average molecular weight is 260 g/mol. The number of carbonyl (C=O) groups is 1. The topological polar surface area (TPSA) is 69.0 Å².